The molecule has 0 amide bonds. The van der Waals surface area contributed by atoms with Crippen LogP contribution in [0.15, 0.2) is 36.5 Å². The molecule has 0 aliphatic heterocycles. The summed E-state index contributed by atoms with van der Waals surface area (Å²) in [5.74, 6) is -0.999. The third-order valence-corrected chi connectivity index (χ3v) is 1.96. The van der Waals surface area contributed by atoms with Crippen molar-refractivity contribution in [1.29, 1.82) is 0 Å². The Balaban J connectivity index is -0.000000296. The predicted molar refractivity (Wildman–Crippen MR) is 97.7 cm³/mol. The standard InChI is InChI=1S/C7H13NO2.C6H10O2.C5H8O2/c1-6(2)7(9)10-5-8(3)4;1-4-8-6(7)5(2)3;1-4(2)5(6)7-3/h1,5H2,2-4H3;2,4H2,1,3H3;1H2,2-3H3. The molecule has 0 aromatic carbocycles. The van der Waals surface area contributed by atoms with E-state index in [-0.39, 0.29) is 17.9 Å². The Labute approximate surface area is 150 Å². The summed E-state index contributed by atoms with van der Waals surface area (Å²) in [4.78, 5) is 33.1. The molecule has 0 unspecified atom stereocenters. The molecule has 0 heterocycles. The van der Waals surface area contributed by atoms with Gasteiger partial charge in [0.15, 0.2) is 0 Å². The zero-order valence-corrected chi connectivity index (χ0v) is 16.4. The SMILES string of the molecule is C=C(C)C(=O)OC.C=C(C)C(=O)OCC.C=C(C)C(=O)OCN(C)C. The number of ether oxygens (including phenoxy) is 3. The van der Waals surface area contributed by atoms with Crippen LogP contribution in [0.2, 0.25) is 0 Å². The number of carbonyl (C=O) groups is 3. The topological polar surface area (TPSA) is 82.1 Å². The van der Waals surface area contributed by atoms with Gasteiger partial charge in [-0.05, 0) is 41.8 Å². The first-order valence-electron chi connectivity index (χ1n) is 7.44. The molecule has 0 saturated heterocycles. The Bertz CT molecular complexity index is 480. The smallest absolute Gasteiger partial charge is 0.334 e. The summed E-state index contributed by atoms with van der Waals surface area (Å²) in [7, 11) is 4.98. The van der Waals surface area contributed by atoms with Gasteiger partial charge in [0.1, 0.15) is 6.73 Å². The first kappa shape index (κ1) is 27.4. The normalized spacial score (nSPS) is 8.64. The van der Waals surface area contributed by atoms with E-state index in [1.54, 1.807) is 32.6 Å². The van der Waals surface area contributed by atoms with Crippen molar-refractivity contribution in [3.8, 4) is 0 Å². The second-order valence-electron chi connectivity index (χ2n) is 5.19. The van der Waals surface area contributed by atoms with E-state index in [1.807, 2.05) is 14.1 Å². The van der Waals surface area contributed by atoms with E-state index < -0.39 is 0 Å². The number of esters is 3. The number of hydrogen-bond acceptors (Lipinski definition) is 7. The average molecular weight is 357 g/mol. The lowest BCUT2D eigenvalue weighted by Gasteiger charge is -2.09. The minimum Gasteiger partial charge on any atom is -0.466 e. The minimum atomic E-state index is -0.347. The highest BCUT2D eigenvalue weighted by Crippen LogP contribution is 1.91. The van der Waals surface area contributed by atoms with Crippen LogP contribution in [0.5, 0.6) is 0 Å². The van der Waals surface area contributed by atoms with Crippen LogP contribution >= 0.6 is 0 Å². The summed E-state index contributed by atoms with van der Waals surface area (Å²) in [6.07, 6.45) is 0. The number of hydrogen-bond donors (Lipinski definition) is 0. The van der Waals surface area contributed by atoms with Crippen molar-refractivity contribution in [3.05, 3.63) is 36.5 Å². The molecule has 0 fully saturated rings. The zero-order chi connectivity index (χ0) is 20.6. The van der Waals surface area contributed by atoms with Crippen LogP contribution in [0.3, 0.4) is 0 Å². The molecule has 0 rings (SSSR count). The highest BCUT2D eigenvalue weighted by atomic mass is 16.5. The van der Waals surface area contributed by atoms with E-state index in [1.165, 1.54) is 7.11 Å². The average Bonchev–Trinajstić information content (AvgIpc) is 2.52. The summed E-state index contributed by atoms with van der Waals surface area (Å²) in [6.45, 7) is 17.5. The van der Waals surface area contributed by atoms with Gasteiger partial charge in [-0.15, -0.1) is 0 Å². The van der Waals surface area contributed by atoms with Crippen LogP contribution in [0.4, 0.5) is 0 Å². The van der Waals surface area contributed by atoms with Crippen LogP contribution < -0.4 is 0 Å². The van der Waals surface area contributed by atoms with E-state index in [2.05, 4.69) is 29.2 Å². The largest absolute Gasteiger partial charge is 0.466 e. The second-order valence-corrected chi connectivity index (χ2v) is 5.19. The Hall–Kier alpha value is -2.41. The van der Waals surface area contributed by atoms with Crippen LogP contribution in [0.25, 0.3) is 0 Å². The Morgan fingerprint density at radius 3 is 1.32 bits per heavy atom. The zero-order valence-electron chi connectivity index (χ0n) is 16.4. The monoisotopic (exact) mass is 357 g/mol. The highest BCUT2D eigenvalue weighted by molar-refractivity contribution is 5.87. The minimum absolute atomic E-state index is 0.311. The van der Waals surface area contributed by atoms with Gasteiger partial charge in [0.25, 0.3) is 0 Å². The van der Waals surface area contributed by atoms with Gasteiger partial charge < -0.3 is 14.2 Å². The van der Waals surface area contributed by atoms with Crippen molar-refractivity contribution in [3.63, 3.8) is 0 Å². The van der Waals surface area contributed by atoms with Crippen LogP contribution in [0, 0.1) is 0 Å². The summed E-state index contributed by atoms with van der Waals surface area (Å²) >= 11 is 0. The summed E-state index contributed by atoms with van der Waals surface area (Å²) in [5.41, 5.74) is 1.32. The summed E-state index contributed by atoms with van der Waals surface area (Å²) in [5, 5.41) is 0. The van der Waals surface area contributed by atoms with Gasteiger partial charge in [0.2, 0.25) is 0 Å². The first-order valence-corrected chi connectivity index (χ1v) is 7.44. The third kappa shape index (κ3) is 21.6. The number of carbonyl (C=O) groups excluding carboxylic acids is 3. The van der Waals surface area contributed by atoms with E-state index in [9.17, 15) is 14.4 Å². The van der Waals surface area contributed by atoms with Crippen molar-refractivity contribution >= 4 is 17.9 Å². The van der Waals surface area contributed by atoms with Gasteiger partial charge in [-0.2, -0.15) is 0 Å². The lowest BCUT2D eigenvalue weighted by Crippen LogP contribution is -2.19. The number of methoxy groups -OCH3 is 1. The Morgan fingerprint density at radius 1 is 0.800 bits per heavy atom. The van der Waals surface area contributed by atoms with Crippen LogP contribution in [-0.2, 0) is 28.6 Å². The number of rotatable bonds is 6. The highest BCUT2D eigenvalue weighted by Gasteiger charge is 2.01. The first-order chi connectivity index (χ1) is 11.4. The van der Waals surface area contributed by atoms with Gasteiger partial charge in [-0.3, -0.25) is 4.90 Å². The molecule has 0 bridgehead atoms. The van der Waals surface area contributed by atoms with Crippen molar-refractivity contribution in [2.45, 2.75) is 27.7 Å². The maximum atomic E-state index is 10.7. The summed E-state index contributed by atoms with van der Waals surface area (Å²) in [6, 6.07) is 0. The Morgan fingerprint density at radius 2 is 1.16 bits per heavy atom. The molecule has 0 saturated carbocycles. The Kier molecular flexibility index (Phi) is 18.1. The molecule has 0 aromatic rings. The fraction of sp³-hybridized carbons (Fsp3) is 0.500. The molecule has 144 valence electrons. The van der Waals surface area contributed by atoms with Gasteiger partial charge in [0.05, 0.1) is 13.7 Å². The molecule has 0 N–H and O–H groups in total. The maximum Gasteiger partial charge on any atom is 0.334 e. The molecule has 0 aliphatic rings. The molecule has 0 radical (unpaired) electrons. The van der Waals surface area contributed by atoms with E-state index in [0.717, 1.165) is 0 Å². The fourth-order valence-corrected chi connectivity index (χ4v) is 0.739. The molecule has 0 spiro atoms. The van der Waals surface area contributed by atoms with E-state index in [4.69, 9.17) is 4.74 Å². The van der Waals surface area contributed by atoms with E-state index >= 15 is 0 Å². The lowest BCUT2D eigenvalue weighted by atomic mass is 10.4. The summed E-state index contributed by atoms with van der Waals surface area (Å²) < 4.78 is 13.6. The maximum absolute atomic E-state index is 10.7. The molecule has 0 aliphatic carbocycles. The predicted octanol–water partition coefficient (Wildman–Crippen LogP) is 2.49. The van der Waals surface area contributed by atoms with Gasteiger partial charge in [-0.1, -0.05) is 19.7 Å². The van der Waals surface area contributed by atoms with Gasteiger partial charge in [-0.25, -0.2) is 14.4 Å². The van der Waals surface area contributed by atoms with Crippen LogP contribution in [-0.4, -0.2) is 57.4 Å². The third-order valence-electron chi connectivity index (χ3n) is 1.96. The van der Waals surface area contributed by atoms with Gasteiger partial charge in [0, 0.05) is 16.7 Å². The molecular weight excluding hydrogens is 326 g/mol. The lowest BCUT2D eigenvalue weighted by molar-refractivity contribution is -0.142. The van der Waals surface area contributed by atoms with Crippen molar-refractivity contribution in [2.75, 3.05) is 34.5 Å². The molecule has 0 aromatic heterocycles. The van der Waals surface area contributed by atoms with Crippen molar-refractivity contribution in [2.24, 2.45) is 0 Å². The van der Waals surface area contributed by atoms with Crippen LogP contribution in [0.1, 0.15) is 27.7 Å². The quantitative estimate of drug-likeness (QED) is 0.312. The molecule has 7 nitrogen and oxygen atoms in total. The van der Waals surface area contributed by atoms with E-state index in [0.29, 0.717) is 30.1 Å². The van der Waals surface area contributed by atoms with Gasteiger partial charge >= 0.3 is 17.9 Å². The molecular formula is C18H31NO6. The fourth-order valence-electron chi connectivity index (χ4n) is 0.739. The second kappa shape index (κ2) is 16.4. The molecule has 0 atom stereocenters. The molecule has 25 heavy (non-hydrogen) atoms. The number of nitrogens with zero attached hydrogens (tertiary/aromatic N) is 1. The van der Waals surface area contributed by atoms with Crippen molar-refractivity contribution < 1.29 is 28.6 Å². The molecule has 7 heteroatoms. The van der Waals surface area contributed by atoms with Crippen molar-refractivity contribution in [1.82, 2.24) is 4.90 Å².